The Labute approximate surface area is 208 Å². The second-order valence-electron chi connectivity index (χ2n) is 9.99. The number of tetrazole rings is 1. The van der Waals surface area contributed by atoms with Crippen LogP contribution in [0.2, 0.25) is 0 Å². The molecule has 3 fully saturated rings. The van der Waals surface area contributed by atoms with Crippen molar-refractivity contribution in [1.29, 1.82) is 5.26 Å². The van der Waals surface area contributed by atoms with Crippen LogP contribution < -0.4 is 10.6 Å². The van der Waals surface area contributed by atoms with E-state index in [4.69, 9.17) is 0 Å². The molecule has 2 aromatic heterocycles. The Kier molecular flexibility index (Phi) is 6.19. The molecule has 3 aliphatic rings. The van der Waals surface area contributed by atoms with Crippen molar-refractivity contribution in [1.82, 2.24) is 35.1 Å². The van der Waals surface area contributed by atoms with E-state index >= 15 is 4.39 Å². The lowest BCUT2D eigenvalue weighted by Crippen LogP contribution is -2.49. The molecule has 4 heterocycles. The number of halogens is 1. The van der Waals surface area contributed by atoms with Crippen molar-refractivity contribution >= 4 is 17.5 Å². The highest BCUT2D eigenvalue weighted by Gasteiger charge is 2.33. The van der Waals surface area contributed by atoms with Crippen molar-refractivity contribution in [3.05, 3.63) is 41.6 Å². The lowest BCUT2D eigenvalue weighted by molar-refractivity contribution is 0.0649. The lowest BCUT2D eigenvalue weighted by Gasteiger charge is -2.44. The Bertz CT molecular complexity index is 1260. The van der Waals surface area contributed by atoms with Crippen LogP contribution in [0.5, 0.6) is 0 Å². The monoisotopic (exact) mass is 488 g/mol. The van der Waals surface area contributed by atoms with Gasteiger partial charge in [0, 0.05) is 12.6 Å². The molecular formula is C25H29FN10. The van der Waals surface area contributed by atoms with Crippen LogP contribution in [0.15, 0.2) is 24.7 Å². The number of benzene rings is 1. The van der Waals surface area contributed by atoms with E-state index in [-0.39, 0.29) is 11.6 Å². The summed E-state index contributed by atoms with van der Waals surface area (Å²) in [6, 6.07) is 5.99. The van der Waals surface area contributed by atoms with Gasteiger partial charge in [0.25, 0.3) is 0 Å². The molecule has 186 valence electrons. The number of hydrogen-bond donors (Lipinski definition) is 2. The van der Waals surface area contributed by atoms with Gasteiger partial charge in [0.2, 0.25) is 5.95 Å². The molecule has 10 nitrogen and oxygen atoms in total. The lowest BCUT2D eigenvalue weighted by atomic mass is 9.83. The molecule has 36 heavy (non-hydrogen) atoms. The SMILES string of the molecule is N#Cc1cnc(Nc2cc(-n3cnnn3)c(C3CC3)cc2F)nc1NC[C@@H]1CCCN2CCCC[C@H]12. The maximum Gasteiger partial charge on any atom is 0.229 e. The molecule has 0 bridgehead atoms. The Hall–Kier alpha value is -3.65. The van der Waals surface area contributed by atoms with Crippen LogP contribution in [0.4, 0.5) is 21.8 Å². The van der Waals surface area contributed by atoms with Crippen molar-refractivity contribution in [2.75, 3.05) is 30.3 Å². The van der Waals surface area contributed by atoms with Crippen LogP contribution in [-0.4, -0.2) is 60.8 Å². The van der Waals surface area contributed by atoms with E-state index in [1.54, 1.807) is 16.8 Å². The molecule has 2 saturated heterocycles. The fourth-order valence-corrected chi connectivity index (χ4v) is 5.69. The highest BCUT2D eigenvalue weighted by Crippen LogP contribution is 2.44. The van der Waals surface area contributed by atoms with Gasteiger partial charge in [-0.3, -0.25) is 0 Å². The van der Waals surface area contributed by atoms with Gasteiger partial charge < -0.3 is 15.5 Å². The first-order chi connectivity index (χ1) is 17.7. The van der Waals surface area contributed by atoms with E-state index in [1.807, 2.05) is 0 Å². The summed E-state index contributed by atoms with van der Waals surface area (Å²) in [7, 11) is 0. The molecule has 0 radical (unpaired) electrons. The standard InChI is InChI=1S/C25H29FN10/c26-20-10-19(16-6-7-16)23(36-15-30-33-34-36)11-21(20)31-25-29-14-18(12-27)24(32-25)28-13-17-4-3-9-35-8-2-1-5-22(17)35/h10-11,14-17,22H,1-9,13H2,(H2,28,29,31,32)/t17-,22+/m0/s1. The van der Waals surface area contributed by atoms with Crippen LogP contribution in [0, 0.1) is 23.1 Å². The smallest absolute Gasteiger partial charge is 0.229 e. The number of fused-ring (bicyclic) bond motifs is 1. The summed E-state index contributed by atoms with van der Waals surface area (Å²) < 4.78 is 16.6. The molecule has 6 rings (SSSR count). The average Bonchev–Trinajstić information content (AvgIpc) is 3.62. The van der Waals surface area contributed by atoms with Gasteiger partial charge in [-0.2, -0.15) is 10.2 Å². The van der Waals surface area contributed by atoms with Crippen molar-refractivity contribution in [2.45, 2.75) is 56.9 Å². The maximum atomic E-state index is 15.1. The molecule has 3 aromatic rings. The molecule has 2 atom stereocenters. The van der Waals surface area contributed by atoms with Gasteiger partial charge in [0.1, 0.15) is 29.6 Å². The van der Waals surface area contributed by atoms with E-state index in [2.05, 4.69) is 47.1 Å². The molecule has 0 unspecified atom stereocenters. The quantitative estimate of drug-likeness (QED) is 0.512. The first kappa shape index (κ1) is 22.8. The zero-order valence-electron chi connectivity index (χ0n) is 20.1. The molecule has 1 aliphatic carbocycles. The third kappa shape index (κ3) is 4.60. The van der Waals surface area contributed by atoms with Crippen molar-refractivity contribution < 1.29 is 4.39 Å². The first-order valence-corrected chi connectivity index (χ1v) is 12.8. The Morgan fingerprint density at radius 1 is 1.11 bits per heavy atom. The van der Waals surface area contributed by atoms with Crippen molar-refractivity contribution in [2.24, 2.45) is 5.92 Å². The second-order valence-corrected chi connectivity index (χ2v) is 9.99. The summed E-state index contributed by atoms with van der Waals surface area (Å²) in [6.07, 6.45) is 11.2. The highest BCUT2D eigenvalue weighted by atomic mass is 19.1. The van der Waals surface area contributed by atoms with Gasteiger partial charge >= 0.3 is 0 Å². The molecule has 1 aromatic carbocycles. The van der Waals surface area contributed by atoms with Crippen LogP contribution in [0.3, 0.4) is 0 Å². The van der Waals surface area contributed by atoms with Crippen LogP contribution in [0.1, 0.15) is 62.0 Å². The molecular weight excluding hydrogens is 459 g/mol. The number of piperidine rings is 2. The minimum atomic E-state index is -0.393. The highest BCUT2D eigenvalue weighted by molar-refractivity contribution is 5.63. The Balaban J connectivity index is 1.23. The van der Waals surface area contributed by atoms with Crippen LogP contribution in [0.25, 0.3) is 5.69 Å². The van der Waals surface area contributed by atoms with E-state index < -0.39 is 5.82 Å². The number of aromatic nitrogens is 6. The van der Waals surface area contributed by atoms with Gasteiger partial charge in [-0.1, -0.05) is 6.42 Å². The predicted molar refractivity (Wildman–Crippen MR) is 132 cm³/mol. The van der Waals surface area contributed by atoms with Crippen molar-refractivity contribution in [3.8, 4) is 11.8 Å². The van der Waals surface area contributed by atoms with E-state index in [1.165, 1.54) is 57.7 Å². The van der Waals surface area contributed by atoms with E-state index in [9.17, 15) is 5.26 Å². The minimum absolute atomic E-state index is 0.222. The predicted octanol–water partition coefficient (Wildman–Crippen LogP) is 3.76. The third-order valence-corrected chi connectivity index (χ3v) is 7.65. The molecule has 2 aliphatic heterocycles. The Morgan fingerprint density at radius 3 is 2.81 bits per heavy atom. The fraction of sp³-hybridized carbons (Fsp3) is 0.520. The molecule has 2 N–H and O–H groups in total. The van der Waals surface area contributed by atoms with E-state index in [0.717, 1.165) is 30.6 Å². The summed E-state index contributed by atoms with van der Waals surface area (Å²) >= 11 is 0. The van der Waals surface area contributed by atoms with Crippen molar-refractivity contribution in [3.63, 3.8) is 0 Å². The number of rotatable bonds is 7. The molecule has 1 saturated carbocycles. The zero-order chi connectivity index (χ0) is 24.5. The average molecular weight is 489 g/mol. The normalized spacial score (nSPS) is 22.0. The number of nitriles is 1. The zero-order valence-corrected chi connectivity index (χ0v) is 20.1. The summed E-state index contributed by atoms with van der Waals surface area (Å²) in [6.45, 7) is 3.12. The summed E-state index contributed by atoms with van der Waals surface area (Å²) in [4.78, 5) is 11.4. The van der Waals surface area contributed by atoms with Gasteiger partial charge in [-0.25, -0.2) is 14.1 Å². The summed E-state index contributed by atoms with van der Waals surface area (Å²) in [5, 5.41) is 27.5. The third-order valence-electron chi connectivity index (χ3n) is 7.65. The number of anilines is 3. The molecule has 0 spiro atoms. The first-order valence-electron chi connectivity index (χ1n) is 12.8. The van der Waals surface area contributed by atoms with Gasteiger partial charge in [-0.15, -0.1) is 5.10 Å². The van der Waals surface area contributed by atoms with Gasteiger partial charge in [0.05, 0.1) is 17.6 Å². The second kappa shape index (κ2) is 9.78. The van der Waals surface area contributed by atoms with E-state index in [0.29, 0.717) is 29.3 Å². The number of hydrogen-bond acceptors (Lipinski definition) is 9. The number of nitrogens with one attached hydrogen (secondary N) is 2. The maximum absolute atomic E-state index is 15.1. The summed E-state index contributed by atoms with van der Waals surface area (Å²) in [5.74, 6) is 1.13. The Morgan fingerprint density at radius 2 is 2.00 bits per heavy atom. The largest absolute Gasteiger partial charge is 0.368 e. The fourth-order valence-electron chi connectivity index (χ4n) is 5.69. The number of nitrogens with zero attached hydrogens (tertiary/aromatic N) is 8. The van der Waals surface area contributed by atoms with Crippen LogP contribution >= 0.6 is 0 Å². The minimum Gasteiger partial charge on any atom is -0.368 e. The topological polar surface area (TPSA) is 120 Å². The van der Waals surface area contributed by atoms with Gasteiger partial charge in [-0.05, 0) is 91.6 Å². The molecule has 0 amide bonds. The summed E-state index contributed by atoms with van der Waals surface area (Å²) in [5.41, 5.74) is 2.21. The van der Waals surface area contributed by atoms with Gasteiger partial charge in [0.15, 0.2) is 0 Å². The van der Waals surface area contributed by atoms with Crippen LogP contribution in [-0.2, 0) is 0 Å². The molecule has 11 heteroatoms.